The van der Waals surface area contributed by atoms with Gasteiger partial charge in [-0.05, 0) is 48.4 Å². The zero-order valence-corrected chi connectivity index (χ0v) is 20.8. The van der Waals surface area contributed by atoms with Crippen LogP contribution in [-0.2, 0) is 11.8 Å². The summed E-state index contributed by atoms with van der Waals surface area (Å²) >= 11 is 0. The Labute approximate surface area is 220 Å². The number of aromatic nitrogens is 3. The van der Waals surface area contributed by atoms with Gasteiger partial charge in [-0.25, -0.2) is 9.37 Å². The molecule has 2 aliphatic rings. The number of alkyl halides is 3. The minimum atomic E-state index is -4.39. The van der Waals surface area contributed by atoms with E-state index in [0.29, 0.717) is 47.4 Å². The lowest BCUT2D eigenvalue weighted by atomic mass is 9.97. The van der Waals surface area contributed by atoms with E-state index in [0.717, 1.165) is 11.9 Å². The molecule has 202 valence electrons. The maximum Gasteiger partial charge on any atom is 0.410 e. The highest BCUT2D eigenvalue weighted by molar-refractivity contribution is 5.98. The first-order valence-corrected chi connectivity index (χ1v) is 12.4. The maximum absolute atomic E-state index is 14.4. The number of hydrogen-bond donors (Lipinski definition) is 2. The number of hydrogen-bond acceptors (Lipinski definition) is 7. The molecule has 0 saturated carbocycles. The van der Waals surface area contributed by atoms with Crippen molar-refractivity contribution in [3.05, 3.63) is 71.8 Å². The summed E-state index contributed by atoms with van der Waals surface area (Å²) in [6.07, 6.45) is -2.16. The Morgan fingerprint density at radius 2 is 1.95 bits per heavy atom. The highest BCUT2D eigenvalue weighted by Gasteiger charge is 2.42. The summed E-state index contributed by atoms with van der Waals surface area (Å²) in [4.78, 5) is 12.7. The van der Waals surface area contributed by atoms with Gasteiger partial charge < -0.3 is 24.7 Å². The maximum atomic E-state index is 14.4. The Morgan fingerprint density at radius 1 is 1.10 bits per heavy atom. The van der Waals surface area contributed by atoms with E-state index >= 15 is 0 Å². The van der Waals surface area contributed by atoms with Crippen LogP contribution in [0.4, 0.5) is 29.2 Å². The molecule has 2 aliphatic heterocycles. The Kier molecular flexibility index (Phi) is 6.34. The first-order chi connectivity index (χ1) is 18.7. The molecule has 1 saturated heterocycles. The molecule has 8 nitrogen and oxygen atoms in total. The van der Waals surface area contributed by atoms with Gasteiger partial charge in [0.25, 0.3) is 0 Å². The molecule has 2 unspecified atom stereocenters. The fourth-order valence-electron chi connectivity index (χ4n) is 4.72. The van der Waals surface area contributed by atoms with E-state index in [4.69, 9.17) is 9.47 Å². The fraction of sp³-hybridized carbons (Fsp3) is 0.296. The van der Waals surface area contributed by atoms with Crippen LogP contribution in [0.3, 0.4) is 0 Å². The van der Waals surface area contributed by atoms with Gasteiger partial charge in [-0.2, -0.15) is 13.2 Å². The quantitative estimate of drug-likeness (QED) is 0.318. The number of pyridine rings is 1. The topological polar surface area (TPSA) is 85.6 Å². The number of imidazole rings is 1. The lowest BCUT2D eigenvalue weighted by Gasteiger charge is -2.15. The average Bonchev–Trinajstić information content (AvgIpc) is 3.67. The monoisotopic (exact) mass is 540 g/mol. The molecule has 0 radical (unpaired) electrons. The lowest BCUT2D eigenvalue weighted by molar-refractivity contribution is -0.147. The van der Waals surface area contributed by atoms with E-state index in [1.807, 2.05) is 17.7 Å². The van der Waals surface area contributed by atoms with Gasteiger partial charge in [-0.1, -0.05) is 0 Å². The van der Waals surface area contributed by atoms with Crippen LogP contribution in [0.1, 0.15) is 23.6 Å². The first kappa shape index (κ1) is 25.1. The Hall–Kier alpha value is -4.19. The zero-order chi connectivity index (χ0) is 27.1. The average molecular weight is 541 g/mol. The van der Waals surface area contributed by atoms with E-state index in [1.165, 1.54) is 18.3 Å². The lowest BCUT2D eigenvalue weighted by Crippen LogP contribution is -2.42. The number of aryl methyl sites for hydroxylation is 1. The summed E-state index contributed by atoms with van der Waals surface area (Å²) in [6, 6.07) is 11.7. The summed E-state index contributed by atoms with van der Waals surface area (Å²) < 4.78 is 66.6. The number of ether oxygens (including phenoxy) is 2. The number of fused-ring (bicyclic) bond motifs is 1. The summed E-state index contributed by atoms with van der Waals surface area (Å²) in [5, 5.41) is 5.64. The Morgan fingerprint density at radius 3 is 2.72 bits per heavy atom. The van der Waals surface area contributed by atoms with E-state index in [1.54, 1.807) is 30.3 Å². The third kappa shape index (κ3) is 5.11. The van der Waals surface area contributed by atoms with Gasteiger partial charge >= 0.3 is 6.18 Å². The molecule has 2 N–H and O–H groups in total. The number of anilines is 2. The number of nitrogens with zero attached hydrogens (tertiary/aromatic N) is 4. The number of amidine groups is 1. The van der Waals surface area contributed by atoms with Crippen molar-refractivity contribution in [1.29, 1.82) is 0 Å². The highest BCUT2D eigenvalue weighted by atomic mass is 19.4. The third-order valence-corrected chi connectivity index (χ3v) is 6.82. The zero-order valence-electron chi connectivity index (χ0n) is 20.8. The number of rotatable bonds is 6. The van der Waals surface area contributed by atoms with Crippen molar-refractivity contribution in [3.63, 3.8) is 0 Å². The highest BCUT2D eigenvalue weighted by Crippen LogP contribution is 2.32. The fourth-order valence-corrected chi connectivity index (χ4v) is 4.72. The van der Waals surface area contributed by atoms with Crippen LogP contribution < -0.4 is 15.4 Å². The standard InChI is InChI=1S/C27H24F4N6O2/c1-37-23-5-3-17(39-18-6-8-32-22(12-18)25-33-13-24(36-25)27(29,30)31)11-21(23)35-26(37)34-16-2-4-20(28)19(10-16)15-7-9-38-14-15/h2-6,8,10-12,15,24H,7,9,13-14H2,1H3,(H,33,36)(H,34,35). The summed E-state index contributed by atoms with van der Waals surface area (Å²) in [5.74, 6) is 1.30. The number of halogens is 4. The summed E-state index contributed by atoms with van der Waals surface area (Å²) in [6.45, 7) is 0.738. The molecular weight excluding hydrogens is 516 g/mol. The molecule has 0 bridgehead atoms. The van der Waals surface area contributed by atoms with Gasteiger partial charge in [-0.15, -0.1) is 0 Å². The molecule has 4 heterocycles. The van der Waals surface area contributed by atoms with Gasteiger partial charge in [0, 0.05) is 43.6 Å². The van der Waals surface area contributed by atoms with E-state index in [-0.39, 0.29) is 23.3 Å². The second-order valence-electron chi connectivity index (χ2n) is 9.47. The number of aliphatic imine (C=N–C) groups is 1. The molecule has 39 heavy (non-hydrogen) atoms. The largest absolute Gasteiger partial charge is 0.457 e. The molecule has 0 amide bonds. The second-order valence-corrected chi connectivity index (χ2v) is 9.47. The van der Waals surface area contributed by atoms with Crippen molar-refractivity contribution < 1.29 is 27.0 Å². The minimum absolute atomic E-state index is 0.0307. The van der Waals surface area contributed by atoms with E-state index in [9.17, 15) is 17.6 Å². The van der Waals surface area contributed by atoms with Crippen LogP contribution in [0.25, 0.3) is 11.0 Å². The SMILES string of the molecule is Cn1c(Nc2ccc(F)c(C3CCOC3)c2)nc2cc(Oc3ccnc(C4=NCC(C(F)(F)F)N4)c3)ccc21. The molecule has 1 fully saturated rings. The van der Waals surface area contributed by atoms with Crippen LogP contribution in [0.15, 0.2) is 59.7 Å². The van der Waals surface area contributed by atoms with Crippen molar-refractivity contribution in [2.24, 2.45) is 12.0 Å². The predicted molar refractivity (Wildman–Crippen MR) is 137 cm³/mol. The van der Waals surface area contributed by atoms with Crippen molar-refractivity contribution >= 4 is 28.5 Å². The van der Waals surface area contributed by atoms with Gasteiger partial charge in [0.15, 0.2) is 0 Å². The van der Waals surface area contributed by atoms with Crippen LogP contribution in [-0.4, -0.2) is 52.3 Å². The van der Waals surface area contributed by atoms with Crippen LogP contribution in [0.2, 0.25) is 0 Å². The molecule has 6 rings (SSSR count). The molecule has 0 aliphatic carbocycles. The molecule has 12 heteroatoms. The van der Waals surface area contributed by atoms with Gasteiger partial charge in [0.1, 0.15) is 34.9 Å². The van der Waals surface area contributed by atoms with Crippen molar-refractivity contribution in [2.45, 2.75) is 24.6 Å². The van der Waals surface area contributed by atoms with Crippen molar-refractivity contribution in [1.82, 2.24) is 19.9 Å². The molecule has 2 aromatic heterocycles. The minimum Gasteiger partial charge on any atom is -0.457 e. The Balaban J connectivity index is 1.20. The molecule has 4 aromatic rings. The summed E-state index contributed by atoms with van der Waals surface area (Å²) in [5.41, 5.74) is 3.10. The predicted octanol–water partition coefficient (Wildman–Crippen LogP) is 5.43. The Bertz CT molecular complexity index is 1560. The van der Waals surface area contributed by atoms with Crippen LogP contribution in [0, 0.1) is 5.82 Å². The van der Waals surface area contributed by atoms with Gasteiger partial charge in [0.2, 0.25) is 5.95 Å². The smallest absolute Gasteiger partial charge is 0.410 e. The number of benzene rings is 2. The van der Waals surface area contributed by atoms with Crippen molar-refractivity contribution in [2.75, 3.05) is 25.1 Å². The molecule has 2 atom stereocenters. The molecular formula is C27H24F4N6O2. The van der Waals surface area contributed by atoms with Gasteiger partial charge in [0.05, 0.1) is 24.2 Å². The first-order valence-electron chi connectivity index (χ1n) is 12.4. The third-order valence-electron chi connectivity index (χ3n) is 6.82. The van der Waals surface area contributed by atoms with Crippen LogP contribution in [0.5, 0.6) is 11.5 Å². The molecule has 0 spiro atoms. The summed E-state index contributed by atoms with van der Waals surface area (Å²) in [7, 11) is 1.87. The van der Waals surface area contributed by atoms with Gasteiger partial charge in [-0.3, -0.25) is 9.98 Å². The van der Waals surface area contributed by atoms with Crippen LogP contribution >= 0.6 is 0 Å². The van der Waals surface area contributed by atoms with Crippen molar-refractivity contribution in [3.8, 4) is 11.5 Å². The number of nitrogens with one attached hydrogen (secondary N) is 2. The normalized spacial score (nSPS) is 19.3. The second kappa shape index (κ2) is 9.84. The molecule has 2 aromatic carbocycles. The van der Waals surface area contributed by atoms with E-state index < -0.39 is 18.8 Å². The van der Waals surface area contributed by atoms with E-state index in [2.05, 4.69) is 25.6 Å².